The van der Waals surface area contributed by atoms with Gasteiger partial charge in [0.1, 0.15) is 0 Å². The molecule has 0 aliphatic carbocycles. The molecule has 1 saturated heterocycles. The molecule has 0 N–H and O–H groups in total. The molecule has 2 heterocycles. The molecule has 120 valence electrons. The van der Waals surface area contributed by atoms with Crippen LogP contribution in [0.4, 0.5) is 0 Å². The van der Waals surface area contributed by atoms with Crippen LogP contribution in [0.25, 0.3) is 11.8 Å². The maximum atomic E-state index is 12.4. The van der Waals surface area contributed by atoms with Gasteiger partial charge in [0.05, 0.1) is 11.9 Å². The predicted octanol–water partition coefficient (Wildman–Crippen LogP) is 3.68. The lowest BCUT2D eigenvalue weighted by Gasteiger charge is -2.34. The first-order chi connectivity index (χ1) is 11.3. The Balaban J connectivity index is 1.68. The van der Waals surface area contributed by atoms with Crippen molar-refractivity contribution >= 4 is 12.0 Å². The second-order valence-corrected chi connectivity index (χ2v) is 5.98. The molecule has 1 amide bonds. The molecule has 0 bridgehead atoms. The van der Waals surface area contributed by atoms with Crippen LogP contribution in [0.2, 0.25) is 0 Å². The second-order valence-electron chi connectivity index (χ2n) is 5.98. The average Bonchev–Trinajstić information content (AvgIpc) is 3.09. The minimum absolute atomic E-state index is 0.115. The minimum Gasteiger partial charge on any atom is -0.336 e. The first kappa shape index (κ1) is 15.5. The van der Waals surface area contributed by atoms with Gasteiger partial charge in [0.25, 0.3) is 0 Å². The molecule has 2 aromatic rings. The van der Waals surface area contributed by atoms with Crippen molar-refractivity contribution in [2.24, 2.45) is 0 Å². The Morgan fingerprint density at radius 3 is 2.91 bits per heavy atom. The summed E-state index contributed by atoms with van der Waals surface area (Å²) in [6.45, 7) is 3.04. The van der Waals surface area contributed by atoms with Crippen LogP contribution in [0.15, 0.2) is 48.8 Å². The van der Waals surface area contributed by atoms with Crippen LogP contribution >= 0.6 is 0 Å². The maximum absolute atomic E-state index is 12.4. The zero-order valence-corrected chi connectivity index (χ0v) is 13.6. The molecule has 1 aliphatic heterocycles. The lowest BCUT2D eigenvalue weighted by molar-refractivity contribution is -0.129. The molecule has 0 saturated carbocycles. The van der Waals surface area contributed by atoms with Gasteiger partial charge in [-0.2, -0.15) is 5.10 Å². The van der Waals surface area contributed by atoms with Crippen LogP contribution in [0.1, 0.15) is 38.2 Å². The van der Waals surface area contributed by atoms with E-state index in [2.05, 4.69) is 12.0 Å². The zero-order valence-electron chi connectivity index (χ0n) is 13.6. The SMILES string of the molecule is CCC1CCCCN1C(=O)/C=C/c1cnn(-c2ccccc2)c1. The van der Waals surface area contributed by atoms with Crippen LogP contribution < -0.4 is 0 Å². The van der Waals surface area contributed by atoms with Crippen LogP contribution in [0.5, 0.6) is 0 Å². The van der Waals surface area contributed by atoms with Crippen LogP contribution in [-0.4, -0.2) is 33.2 Å². The Kier molecular flexibility index (Phi) is 4.91. The van der Waals surface area contributed by atoms with Crippen molar-refractivity contribution in [1.82, 2.24) is 14.7 Å². The number of benzene rings is 1. The summed E-state index contributed by atoms with van der Waals surface area (Å²) in [7, 11) is 0. The fraction of sp³-hybridized carbons (Fsp3) is 0.368. The summed E-state index contributed by atoms with van der Waals surface area (Å²) in [5.41, 5.74) is 1.95. The highest BCUT2D eigenvalue weighted by Gasteiger charge is 2.23. The highest BCUT2D eigenvalue weighted by atomic mass is 16.2. The van der Waals surface area contributed by atoms with Crippen LogP contribution in [0, 0.1) is 0 Å². The minimum atomic E-state index is 0.115. The van der Waals surface area contributed by atoms with Crippen molar-refractivity contribution in [2.75, 3.05) is 6.54 Å². The number of nitrogens with zero attached hydrogens (tertiary/aromatic N) is 3. The first-order valence-electron chi connectivity index (χ1n) is 8.36. The number of aromatic nitrogens is 2. The lowest BCUT2D eigenvalue weighted by Crippen LogP contribution is -2.42. The average molecular weight is 309 g/mol. The first-order valence-corrected chi connectivity index (χ1v) is 8.36. The molecular weight excluding hydrogens is 286 g/mol. The third kappa shape index (κ3) is 3.70. The van der Waals surface area contributed by atoms with Gasteiger partial charge < -0.3 is 4.90 Å². The molecule has 1 aliphatic rings. The van der Waals surface area contributed by atoms with Crippen molar-refractivity contribution in [1.29, 1.82) is 0 Å². The van der Waals surface area contributed by atoms with Crippen molar-refractivity contribution in [3.05, 3.63) is 54.4 Å². The number of hydrogen-bond donors (Lipinski definition) is 0. The monoisotopic (exact) mass is 309 g/mol. The maximum Gasteiger partial charge on any atom is 0.246 e. The molecule has 23 heavy (non-hydrogen) atoms. The van der Waals surface area contributed by atoms with E-state index in [9.17, 15) is 4.79 Å². The molecule has 0 spiro atoms. The fourth-order valence-electron chi connectivity index (χ4n) is 3.12. The Morgan fingerprint density at radius 2 is 2.13 bits per heavy atom. The molecule has 1 aromatic carbocycles. The number of para-hydroxylation sites is 1. The topological polar surface area (TPSA) is 38.1 Å². The smallest absolute Gasteiger partial charge is 0.246 e. The van der Waals surface area contributed by atoms with E-state index in [1.54, 1.807) is 12.3 Å². The molecule has 1 fully saturated rings. The standard InChI is InChI=1S/C19H23N3O/c1-2-17-8-6-7-13-21(17)19(23)12-11-16-14-20-22(15-16)18-9-4-3-5-10-18/h3-5,9-12,14-15,17H,2,6-8,13H2,1H3/b12-11+. The molecule has 1 unspecified atom stereocenters. The van der Waals surface area contributed by atoms with E-state index >= 15 is 0 Å². The van der Waals surface area contributed by atoms with Gasteiger partial charge in [-0.3, -0.25) is 4.79 Å². The van der Waals surface area contributed by atoms with Crippen molar-refractivity contribution in [3.63, 3.8) is 0 Å². The molecule has 1 atom stereocenters. The quantitative estimate of drug-likeness (QED) is 0.808. The Bertz CT molecular complexity index is 675. The summed E-state index contributed by atoms with van der Waals surface area (Å²) in [6.07, 6.45) is 11.8. The Morgan fingerprint density at radius 1 is 1.30 bits per heavy atom. The summed E-state index contributed by atoms with van der Waals surface area (Å²) in [4.78, 5) is 14.4. The van der Waals surface area contributed by atoms with E-state index in [4.69, 9.17) is 0 Å². The molecule has 4 heteroatoms. The molecular formula is C19H23N3O. The summed E-state index contributed by atoms with van der Waals surface area (Å²) in [5.74, 6) is 0.115. The summed E-state index contributed by atoms with van der Waals surface area (Å²) < 4.78 is 1.82. The van der Waals surface area contributed by atoms with E-state index in [0.717, 1.165) is 37.1 Å². The molecule has 1 aromatic heterocycles. The van der Waals surface area contributed by atoms with Crippen LogP contribution in [0.3, 0.4) is 0 Å². The highest BCUT2D eigenvalue weighted by molar-refractivity contribution is 5.92. The van der Waals surface area contributed by atoms with E-state index in [1.165, 1.54) is 6.42 Å². The van der Waals surface area contributed by atoms with E-state index in [0.29, 0.717) is 6.04 Å². The fourth-order valence-corrected chi connectivity index (χ4v) is 3.12. The van der Waals surface area contributed by atoms with Crippen molar-refractivity contribution in [2.45, 2.75) is 38.6 Å². The zero-order chi connectivity index (χ0) is 16.1. The van der Waals surface area contributed by atoms with Gasteiger partial charge in [-0.25, -0.2) is 4.68 Å². The van der Waals surface area contributed by atoms with Gasteiger partial charge in [0, 0.05) is 30.4 Å². The lowest BCUT2D eigenvalue weighted by atomic mass is 10.00. The largest absolute Gasteiger partial charge is 0.336 e. The number of amides is 1. The third-order valence-electron chi connectivity index (χ3n) is 4.42. The van der Waals surface area contributed by atoms with E-state index < -0.39 is 0 Å². The molecule has 0 radical (unpaired) electrons. The van der Waals surface area contributed by atoms with Crippen LogP contribution in [-0.2, 0) is 4.79 Å². The molecule has 3 rings (SSSR count). The number of carbonyl (C=O) groups is 1. The molecule has 4 nitrogen and oxygen atoms in total. The summed E-state index contributed by atoms with van der Waals surface area (Å²) in [5, 5.41) is 4.35. The number of hydrogen-bond acceptors (Lipinski definition) is 2. The normalized spacial score (nSPS) is 18.5. The van der Waals surface area contributed by atoms with Gasteiger partial charge in [-0.05, 0) is 43.9 Å². The van der Waals surface area contributed by atoms with Crippen molar-refractivity contribution < 1.29 is 4.79 Å². The van der Waals surface area contributed by atoms with E-state index in [-0.39, 0.29) is 5.91 Å². The van der Waals surface area contributed by atoms with Gasteiger partial charge in [0.15, 0.2) is 0 Å². The van der Waals surface area contributed by atoms with Crippen molar-refractivity contribution in [3.8, 4) is 5.69 Å². The second kappa shape index (κ2) is 7.27. The predicted molar refractivity (Wildman–Crippen MR) is 92.2 cm³/mol. The summed E-state index contributed by atoms with van der Waals surface area (Å²) in [6, 6.07) is 10.4. The number of rotatable bonds is 4. The van der Waals surface area contributed by atoms with Gasteiger partial charge >= 0.3 is 0 Å². The Hall–Kier alpha value is -2.36. The summed E-state index contributed by atoms with van der Waals surface area (Å²) >= 11 is 0. The van der Waals surface area contributed by atoms with Gasteiger partial charge in [-0.15, -0.1) is 0 Å². The highest BCUT2D eigenvalue weighted by Crippen LogP contribution is 2.20. The van der Waals surface area contributed by atoms with E-state index in [1.807, 2.05) is 52.2 Å². The van der Waals surface area contributed by atoms with Gasteiger partial charge in [0.2, 0.25) is 5.91 Å². The number of carbonyl (C=O) groups excluding carboxylic acids is 1. The number of likely N-dealkylation sites (tertiary alicyclic amines) is 1. The van der Waals surface area contributed by atoms with Gasteiger partial charge in [-0.1, -0.05) is 25.1 Å². The number of piperidine rings is 1. The Labute approximate surface area is 137 Å². The third-order valence-corrected chi connectivity index (χ3v) is 4.42.